The van der Waals surface area contributed by atoms with E-state index in [2.05, 4.69) is 263 Å². The number of benzene rings is 10. The van der Waals surface area contributed by atoms with Gasteiger partial charge in [-0.1, -0.05) is 254 Å². The third kappa shape index (κ3) is 7.34. The van der Waals surface area contributed by atoms with E-state index >= 15 is 0 Å². The molecule has 344 valence electrons. The molecule has 0 bridgehead atoms. The lowest BCUT2D eigenvalue weighted by Gasteiger charge is -2.23. The minimum atomic E-state index is 0.0159. The summed E-state index contributed by atoms with van der Waals surface area (Å²) < 4.78 is 0. The first-order valence-corrected chi connectivity index (χ1v) is 25.5. The Bertz CT molecular complexity index is 3640. The molecule has 3 aliphatic carbocycles. The zero-order valence-electron chi connectivity index (χ0n) is 42.5. The Labute approximate surface area is 416 Å². The molecule has 0 saturated carbocycles. The SMILES string of the molecule is CCCc1ccc2c(c1)C(C)(C)c1cc(-c3ccccc3)c3ccccc3c1-2.Cc1ccc2c(c1)C(C)(C)c1cc(-c3ccccc3)c3ccccc3c1-2.Cc1ccc2c(c1)C(C)(C)c1ccccc1-2. The van der Waals surface area contributed by atoms with E-state index in [1.807, 2.05) is 0 Å². The van der Waals surface area contributed by atoms with Crippen molar-refractivity contribution < 1.29 is 0 Å². The normalized spacial score (nSPS) is 14.5. The molecule has 0 aromatic heterocycles. The largest absolute Gasteiger partial charge is 0.0651 e. The Morgan fingerprint density at radius 1 is 0.300 bits per heavy atom. The number of aryl methyl sites for hydroxylation is 3. The number of fused-ring (bicyclic) bond motifs is 13. The molecule has 0 N–H and O–H groups in total. The van der Waals surface area contributed by atoms with Crippen LogP contribution in [0.4, 0.5) is 0 Å². The average molecular weight is 905 g/mol. The third-order valence-corrected chi connectivity index (χ3v) is 16.0. The van der Waals surface area contributed by atoms with Crippen molar-refractivity contribution in [2.24, 2.45) is 0 Å². The molecule has 10 aromatic rings. The maximum absolute atomic E-state index is 2.45. The zero-order chi connectivity index (χ0) is 48.5. The molecule has 0 saturated heterocycles. The quantitative estimate of drug-likeness (QED) is 0.165. The van der Waals surface area contributed by atoms with Gasteiger partial charge in [-0.05, 0) is 149 Å². The van der Waals surface area contributed by atoms with Gasteiger partial charge >= 0.3 is 0 Å². The molecular weight excluding hydrogens is 841 g/mol. The number of rotatable bonds is 4. The van der Waals surface area contributed by atoms with Gasteiger partial charge in [0.25, 0.3) is 0 Å². The van der Waals surface area contributed by atoms with Crippen LogP contribution in [0.5, 0.6) is 0 Å². The van der Waals surface area contributed by atoms with E-state index in [0.29, 0.717) is 0 Å². The van der Waals surface area contributed by atoms with E-state index in [0.717, 1.165) is 6.42 Å². The maximum Gasteiger partial charge on any atom is 0.0159 e. The van der Waals surface area contributed by atoms with Gasteiger partial charge in [0.15, 0.2) is 0 Å². The second kappa shape index (κ2) is 17.3. The van der Waals surface area contributed by atoms with E-state index < -0.39 is 0 Å². The van der Waals surface area contributed by atoms with Crippen LogP contribution in [-0.4, -0.2) is 0 Å². The van der Waals surface area contributed by atoms with Gasteiger partial charge in [-0.3, -0.25) is 0 Å². The number of hydrogen-bond donors (Lipinski definition) is 0. The fourth-order valence-electron chi connectivity index (χ4n) is 12.3. The topological polar surface area (TPSA) is 0 Å². The van der Waals surface area contributed by atoms with Crippen molar-refractivity contribution in [2.45, 2.75) is 91.4 Å². The molecule has 3 aliphatic rings. The van der Waals surface area contributed by atoms with Crippen LogP contribution in [0.3, 0.4) is 0 Å². The highest BCUT2D eigenvalue weighted by Gasteiger charge is 2.39. The minimum Gasteiger partial charge on any atom is -0.0651 e. The van der Waals surface area contributed by atoms with Gasteiger partial charge in [-0.25, -0.2) is 0 Å². The second-order valence-electron chi connectivity index (χ2n) is 21.7. The Morgan fingerprint density at radius 2 is 0.686 bits per heavy atom. The van der Waals surface area contributed by atoms with E-state index in [1.54, 1.807) is 0 Å². The van der Waals surface area contributed by atoms with Crippen molar-refractivity contribution in [1.82, 2.24) is 0 Å². The summed E-state index contributed by atoms with van der Waals surface area (Å²) in [6, 6.07) is 73.8. The highest BCUT2D eigenvalue weighted by atomic mass is 14.4. The van der Waals surface area contributed by atoms with E-state index in [1.165, 1.54) is 134 Å². The van der Waals surface area contributed by atoms with E-state index in [9.17, 15) is 0 Å². The molecule has 13 rings (SSSR count). The Hall–Kier alpha value is -7.28. The average Bonchev–Trinajstić information content (AvgIpc) is 3.85. The summed E-state index contributed by atoms with van der Waals surface area (Å²) in [5, 5.41) is 5.41. The summed E-state index contributed by atoms with van der Waals surface area (Å²) in [5.41, 5.74) is 26.8. The second-order valence-corrected chi connectivity index (χ2v) is 21.7. The lowest BCUT2D eigenvalue weighted by atomic mass is 9.80. The van der Waals surface area contributed by atoms with Gasteiger partial charge in [0, 0.05) is 16.2 Å². The van der Waals surface area contributed by atoms with Crippen LogP contribution >= 0.6 is 0 Å². The van der Waals surface area contributed by atoms with Crippen LogP contribution in [-0.2, 0) is 22.7 Å². The summed E-state index contributed by atoms with van der Waals surface area (Å²) in [4.78, 5) is 0. The first-order valence-electron chi connectivity index (χ1n) is 25.5. The van der Waals surface area contributed by atoms with Crippen LogP contribution in [0.1, 0.15) is 105 Å². The molecule has 0 spiro atoms. The van der Waals surface area contributed by atoms with Crippen LogP contribution < -0.4 is 0 Å². The van der Waals surface area contributed by atoms with Gasteiger partial charge in [0.05, 0.1) is 0 Å². The van der Waals surface area contributed by atoms with E-state index in [4.69, 9.17) is 0 Å². The summed E-state index contributed by atoms with van der Waals surface area (Å²) >= 11 is 0. The van der Waals surface area contributed by atoms with Gasteiger partial charge in [-0.2, -0.15) is 0 Å². The van der Waals surface area contributed by atoms with Crippen molar-refractivity contribution in [2.75, 3.05) is 0 Å². The summed E-state index contributed by atoms with van der Waals surface area (Å²) in [5.74, 6) is 0. The Kier molecular flexibility index (Phi) is 11.2. The molecule has 70 heavy (non-hydrogen) atoms. The summed E-state index contributed by atoms with van der Waals surface area (Å²) in [7, 11) is 0. The first-order chi connectivity index (χ1) is 33.8. The highest BCUT2D eigenvalue weighted by Crippen LogP contribution is 2.55. The summed E-state index contributed by atoms with van der Waals surface area (Å²) in [6.45, 7) is 20.7. The van der Waals surface area contributed by atoms with Crippen molar-refractivity contribution in [3.8, 4) is 55.6 Å². The third-order valence-electron chi connectivity index (χ3n) is 16.0. The van der Waals surface area contributed by atoms with Crippen LogP contribution in [0.25, 0.3) is 77.2 Å². The minimum absolute atomic E-state index is 0.0159. The molecule has 0 amide bonds. The van der Waals surface area contributed by atoms with Crippen LogP contribution in [0, 0.1) is 13.8 Å². The van der Waals surface area contributed by atoms with Crippen molar-refractivity contribution >= 4 is 21.5 Å². The fourth-order valence-corrected chi connectivity index (χ4v) is 12.3. The molecule has 0 heteroatoms. The lowest BCUT2D eigenvalue weighted by molar-refractivity contribution is 0.659. The molecule has 0 atom stereocenters. The van der Waals surface area contributed by atoms with Crippen LogP contribution in [0.2, 0.25) is 0 Å². The van der Waals surface area contributed by atoms with Crippen molar-refractivity contribution in [3.63, 3.8) is 0 Å². The van der Waals surface area contributed by atoms with Gasteiger partial charge < -0.3 is 0 Å². The molecule has 0 fully saturated rings. The molecule has 0 heterocycles. The predicted molar refractivity (Wildman–Crippen MR) is 301 cm³/mol. The molecule has 0 radical (unpaired) electrons. The monoisotopic (exact) mass is 905 g/mol. The maximum atomic E-state index is 2.45. The zero-order valence-corrected chi connectivity index (χ0v) is 42.5. The van der Waals surface area contributed by atoms with Gasteiger partial charge in [0.2, 0.25) is 0 Å². The van der Waals surface area contributed by atoms with Crippen LogP contribution in [0.15, 0.2) is 200 Å². The molecule has 0 aliphatic heterocycles. The summed E-state index contributed by atoms with van der Waals surface area (Å²) in [6.07, 6.45) is 2.34. The number of hydrogen-bond acceptors (Lipinski definition) is 0. The standard InChI is InChI=1S/C28H26.C26H22.C16H16/c1-4-10-19-15-16-23-25(17-19)28(2,3)26-18-24(20-11-6-5-7-12-20)21-13-8-9-14-22(21)27(23)26;1-17-13-14-21-23(15-17)26(2,3)24-16-22(18-9-5-4-6-10-18)19-11-7-8-12-20(19)25(21)24;1-11-8-9-13-12-6-4-5-7-14(12)16(2,3)15(13)10-11/h5-9,11-18H,4,10H2,1-3H3;4-16H,1-3H3;4-10H,1-3H3. The van der Waals surface area contributed by atoms with Crippen molar-refractivity contribution in [3.05, 3.63) is 250 Å². The first kappa shape index (κ1) is 45.2. The predicted octanol–water partition coefficient (Wildman–Crippen LogP) is 19.2. The molecule has 0 nitrogen and oxygen atoms in total. The van der Waals surface area contributed by atoms with E-state index in [-0.39, 0.29) is 16.2 Å². The Morgan fingerprint density at radius 3 is 1.20 bits per heavy atom. The molecule has 0 unspecified atom stereocenters. The molecule has 10 aromatic carbocycles. The van der Waals surface area contributed by atoms with Crippen molar-refractivity contribution in [1.29, 1.82) is 0 Å². The van der Waals surface area contributed by atoms with Gasteiger partial charge in [-0.15, -0.1) is 0 Å². The highest BCUT2D eigenvalue weighted by molar-refractivity contribution is 6.10. The lowest BCUT2D eigenvalue weighted by Crippen LogP contribution is -2.15. The molecular formula is C70H64. The fraction of sp³-hybridized carbons (Fsp3) is 0.200. The van der Waals surface area contributed by atoms with Gasteiger partial charge in [0.1, 0.15) is 0 Å². The Balaban J connectivity index is 0.000000118. The smallest absolute Gasteiger partial charge is 0.0159 e.